The van der Waals surface area contributed by atoms with Crippen LogP contribution in [0.5, 0.6) is 0 Å². The van der Waals surface area contributed by atoms with Gasteiger partial charge in [-0.15, -0.1) is 10.2 Å². The first-order valence-electron chi connectivity index (χ1n) is 10.2. The van der Waals surface area contributed by atoms with E-state index in [1.165, 1.54) is 17.4 Å². The van der Waals surface area contributed by atoms with Crippen molar-refractivity contribution in [2.24, 2.45) is 0 Å². The van der Waals surface area contributed by atoms with Gasteiger partial charge in [0.2, 0.25) is 16.9 Å². The van der Waals surface area contributed by atoms with E-state index in [-0.39, 0.29) is 23.9 Å². The number of hydrogen-bond acceptors (Lipinski definition) is 7. The highest BCUT2D eigenvalue weighted by Gasteiger charge is 2.34. The smallest absolute Gasteiger partial charge is 0.273 e. The van der Waals surface area contributed by atoms with Gasteiger partial charge in [-0.25, -0.2) is 0 Å². The Morgan fingerprint density at radius 2 is 1.91 bits per heavy atom. The van der Waals surface area contributed by atoms with Gasteiger partial charge in [-0.3, -0.25) is 19.7 Å². The van der Waals surface area contributed by atoms with E-state index in [2.05, 4.69) is 22.4 Å². The summed E-state index contributed by atoms with van der Waals surface area (Å²) in [5.74, 6) is -0.484. The van der Waals surface area contributed by atoms with Gasteiger partial charge in [0.15, 0.2) is 0 Å². The SMILES string of the molecule is CCc1ccccc1N1CC(c2nnc(NC(=O)Cc3ccccc3[N+](=O)[O-])s2)CC1=O. The summed E-state index contributed by atoms with van der Waals surface area (Å²) in [5, 5.41) is 23.0. The molecule has 1 N–H and O–H groups in total. The molecular formula is C22H21N5O4S. The van der Waals surface area contributed by atoms with Crippen LogP contribution >= 0.6 is 11.3 Å². The van der Waals surface area contributed by atoms with Crippen molar-refractivity contribution in [2.45, 2.75) is 32.1 Å². The van der Waals surface area contributed by atoms with Gasteiger partial charge in [-0.1, -0.05) is 54.7 Å². The van der Waals surface area contributed by atoms with Gasteiger partial charge in [0.05, 0.1) is 11.3 Å². The van der Waals surface area contributed by atoms with E-state index in [0.717, 1.165) is 17.7 Å². The van der Waals surface area contributed by atoms with Crippen molar-refractivity contribution in [3.8, 4) is 0 Å². The summed E-state index contributed by atoms with van der Waals surface area (Å²) in [6.07, 6.45) is 1.02. The Hall–Kier alpha value is -3.66. The van der Waals surface area contributed by atoms with Crippen molar-refractivity contribution >= 4 is 39.7 Å². The lowest BCUT2D eigenvalue weighted by molar-refractivity contribution is -0.385. The lowest BCUT2D eigenvalue weighted by Crippen LogP contribution is -2.25. The third kappa shape index (κ3) is 4.50. The molecule has 0 radical (unpaired) electrons. The Kier molecular flexibility index (Phi) is 6.22. The largest absolute Gasteiger partial charge is 0.311 e. The highest BCUT2D eigenvalue weighted by molar-refractivity contribution is 7.15. The predicted octanol–water partition coefficient (Wildman–Crippen LogP) is 3.71. The number of para-hydroxylation sites is 2. The van der Waals surface area contributed by atoms with Crippen LogP contribution in [0.25, 0.3) is 0 Å². The summed E-state index contributed by atoms with van der Waals surface area (Å²) in [6.45, 7) is 2.56. The molecule has 1 unspecified atom stereocenters. The van der Waals surface area contributed by atoms with E-state index in [1.807, 2.05) is 24.3 Å². The molecule has 32 heavy (non-hydrogen) atoms. The predicted molar refractivity (Wildman–Crippen MR) is 121 cm³/mol. The Morgan fingerprint density at radius 3 is 2.66 bits per heavy atom. The van der Waals surface area contributed by atoms with E-state index in [9.17, 15) is 19.7 Å². The third-order valence-electron chi connectivity index (χ3n) is 5.36. The maximum Gasteiger partial charge on any atom is 0.273 e. The minimum Gasteiger partial charge on any atom is -0.311 e. The number of rotatable bonds is 7. The van der Waals surface area contributed by atoms with Crippen LogP contribution < -0.4 is 10.2 Å². The Morgan fingerprint density at radius 1 is 1.19 bits per heavy atom. The van der Waals surface area contributed by atoms with Gasteiger partial charge < -0.3 is 10.2 Å². The second kappa shape index (κ2) is 9.23. The topological polar surface area (TPSA) is 118 Å². The number of aryl methyl sites for hydroxylation is 1. The van der Waals surface area contributed by atoms with Gasteiger partial charge >= 0.3 is 0 Å². The molecule has 10 heteroatoms. The standard InChI is InChI=1S/C22H21N5O4S/c1-2-14-7-3-5-9-17(14)26-13-16(12-20(26)29)21-24-25-22(32-21)23-19(28)11-15-8-4-6-10-18(15)27(30)31/h3-10,16H,2,11-13H2,1H3,(H,23,25,28). The molecule has 1 fully saturated rings. The third-order valence-corrected chi connectivity index (χ3v) is 6.37. The molecule has 0 bridgehead atoms. The van der Waals surface area contributed by atoms with E-state index >= 15 is 0 Å². The van der Waals surface area contributed by atoms with Gasteiger partial charge in [-0.2, -0.15) is 0 Å². The number of nitrogens with zero attached hydrogens (tertiary/aromatic N) is 4. The highest BCUT2D eigenvalue weighted by atomic mass is 32.1. The Bertz CT molecular complexity index is 1180. The van der Waals surface area contributed by atoms with Crippen LogP contribution in [0.4, 0.5) is 16.5 Å². The van der Waals surface area contributed by atoms with Crippen molar-refractivity contribution in [2.75, 3.05) is 16.8 Å². The van der Waals surface area contributed by atoms with Crippen LogP contribution in [0, 0.1) is 10.1 Å². The highest BCUT2D eigenvalue weighted by Crippen LogP contribution is 2.35. The molecule has 3 aromatic rings. The number of benzene rings is 2. The molecule has 0 spiro atoms. The molecule has 4 rings (SSSR count). The minimum atomic E-state index is -0.509. The number of amides is 2. The maximum atomic E-state index is 12.7. The number of anilines is 2. The Balaban J connectivity index is 1.43. The van der Waals surface area contributed by atoms with E-state index in [1.54, 1.807) is 23.1 Å². The summed E-state index contributed by atoms with van der Waals surface area (Å²) in [6, 6.07) is 14.0. The lowest BCUT2D eigenvalue weighted by atomic mass is 10.1. The summed E-state index contributed by atoms with van der Waals surface area (Å²) in [5.41, 5.74) is 2.26. The quantitative estimate of drug-likeness (QED) is 0.432. The van der Waals surface area contributed by atoms with Crippen molar-refractivity contribution in [1.29, 1.82) is 0 Å². The summed E-state index contributed by atoms with van der Waals surface area (Å²) >= 11 is 1.22. The summed E-state index contributed by atoms with van der Waals surface area (Å²) in [4.78, 5) is 37.5. The molecule has 2 amide bonds. The summed E-state index contributed by atoms with van der Waals surface area (Å²) < 4.78 is 0. The molecule has 0 saturated carbocycles. The number of aromatic nitrogens is 2. The fraction of sp³-hybridized carbons (Fsp3) is 0.273. The second-order valence-corrected chi connectivity index (χ2v) is 8.45. The maximum absolute atomic E-state index is 12.7. The molecule has 1 saturated heterocycles. The first-order valence-corrected chi connectivity index (χ1v) is 11.0. The van der Waals surface area contributed by atoms with Crippen LogP contribution in [0.2, 0.25) is 0 Å². The zero-order chi connectivity index (χ0) is 22.7. The average Bonchev–Trinajstić information content (AvgIpc) is 3.40. The number of hydrogen-bond donors (Lipinski definition) is 1. The zero-order valence-electron chi connectivity index (χ0n) is 17.4. The van der Waals surface area contributed by atoms with Gasteiger partial charge in [0.1, 0.15) is 5.01 Å². The van der Waals surface area contributed by atoms with Crippen LogP contribution in [-0.4, -0.2) is 33.5 Å². The zero-order valence-corrected chi connectivity index (χ0v) is 18.2. The molecule has 2 heterocycles. The van der Waals surface area contributed by atoms with Crippen LogP contribution in [0.15, 0.2) is 48.5 Å². The van der Waals surface area contributed by atoms with E-state index in [0.29, 0.717) is 28.7 Å². The average molecular weight is 452 g/mol. The van der Waals surface area contributed by atoms with Crippen LogP contribution in [0.1, 0.15) is 35.4 Å². The molecule has 164 valence electrons. The van der Waals surface area contributed by atoms with Crippen molar-refractivity contribution in [1.82, 2.24) is 10.2 Å². The lowest BCUT2D eigenvalue weighted by Gasteiger charge is -2.19. The number of nitrogens with one attached hydrogen (secondary N) is 1. The van der Waals surface area contributed by atoms with Gasteiger partial charge in [0, 0.05) is 36.2 Å². The fourth-order valence-electron chi connectivity index (χ4n) is 3.80. The van der Waals surface area contributed by atoms with Crippen molar-refractivity contribution in [3.63, 3.8) is 0 Å². The normalized spacial score (nSPS) is 15.7. The molecule has 1 aliphatic heterocycles. The van der Waals surface area contributed by atoms with Gasteiger partial charge in [-0.05, 0) is 18.1 Å². The molecule has 1 aliphatic rings. The van der Waals surface area contributed by atoms with E-state index in [4.69, 9.17) is 0 Å². The number of carbonyl (C=O) groups excluding carboxylic acids is 2. The first kappa shape index (κ1) is 21.6. The van der Waals surface area contributed by atoms with Crippen molar-refractivity contribution < 1.29 is 14.5 Å². The number of nitro groups is 1. The minimum absolute atomic E-state index is 0.0353. The van der Waals surface area contributed by atoms with Gasteiger partial charge in [0.25, 0.3) is 5.69 Å². The molecule has 2 aromatic carbocycles. The fourth-order valence-corrected chi connectivity index (χ4v) is 4.65. The van der Waals surface area contributed by atoms with E-state index < -0.39 is 10.8 Å². The van der Waals surface area contributed by atoms with Crippen LogP contribution in [-0.2, 0) is 22.4 Å². The van der Waals surface area contributed by atoms with Crippen LogP contribution in [0.3, 0.4) is 0 Å². The second-order valence-electron chi connectivity index (χ2n) is 7.44. The molecule has 1 aromatic heterocycles. The Labute approximate surface area is 188 Å². The molecule has 0 aliphatic carbocycles. The molecule has 9 nitrogen and oxygen atoms in total. The molecule has 1 atom stereocenters. The monoisotopic (exact) mass is 451 g/mol. The number of nitro benzene ring substituents is 1. The first-order chi connectivity index (χ1) is 15.5. The molecular weight excluding hydrogens is 430 g/mol. The van der Waals surface area contributed by atoms with Crippen molar-refractivity contribution in [3.05, 3.63) is 74.8 Å². The summed E-state index contributed by atoms with van der Waals surface area (Å²) in [7, 11) is 0. The number of carbonyl (C=O) groups is 2.